The van der Waals surface area contributed by atoms with Gasteiger partial charge in [-0.25, -0.2) is 4.98 Å². The molecule has 0 amide bonds. The number of hydrogen-bond donors (Lipinski definition) is 2. The van der Waals surface area contributed by atoms with Crippen LogP contribution in [-0.4, -0.2) is 28.2 Å². The van der Waals surface area contributed by atoms with Crippen molar-refractivity contribution in [2.75, 3.05) is 23.3 Å². The van der Waals surface area contributed by atoms with Crippen molar-refractivity contribution in [3.63, 3.8) is 0 Å². The zero-order valence-corrected chi connectivity index (χ0v) is 20.1. The van der Waals surface area contributed by atoms with E-state index in [-0.39, 0.29) is 0 Å². The number of benzene rings is 1. The van der Waals surface area contributed by atoms with Crippen molar-refractivity contribution in [3.8, 4) is 11.3 Å². The predicted molar refractivity (Wildman–Crippen MR) is 134 cm³/mol. The molecule has 8 heteroatoms. The van der Waals surface area contributed by atoms with E-state index in [1.165, 1.54) is 6.42 Å². The third-order valence-electron chi connectivity index (χ3n) is 5.47. The lowest BCUT2D eigenvalue weighted by atomic mass is 9.92. The molecule has 0 spiro atoms. The number of aryl methyl sites for hydroxylation is 1. The van der Waals surface area contributed by atoms with Crippen molar-refractivity contribution in [1.29, 1.82) is 0 Å². The fraction of sp³-hybridized carbons (Fsp3) is 0.375. The summed E-state index contributed by atoms with van der Waals surface area (Å²) in [5, 5.41) is 7.43. The minimum atomic E-state index is 0.450. The summed E-state index contributed by atoms with van der Waals surface area (Å²) in [6.45, 7) is 9.04. The zero-order chi connectivity index (χ0) is 22.7. The number of aromatic nitrogens is 2. The third-order valence-corrected chi connectivity index (χ3v) is 5.97. The van der Waals surface area contributed by atoms with E-state index < -0.39 is 0 Å². The molecule has 1 aromatic carbocycles. The van der Waals surface area contributed by atoms with Crippen LogP contribution in [0, 0.1) is 18.8 Å². The van der Waals surface area contributed by atoms with Gasteiger partial charge in [-0.05, 0) is 73.8 Å². The van der Waals surface area contributed by atoms with Crippen LogP contribution >= 0.6 is 23.8 Å². The molecule has 6 nitrogen and oxygen atoms in total. The summed E-state index contributed by atoms with van der Waals surface area (Å²) in [4.78, 5) is 11.6. The largest absolute Gasteiger partial charge is 0.459 e. The summed E-state index contributed by atoms with van der Waals surface area (Å²) in [5.41, 5.74) is 1.88. The summed E-state index contributed by atoms with van der Waals surface area (Å²) < 4.78 is 5.92. The average molecular weight is 470 g/mol. The van der Waals surface area contributed by atoms with Crippen LogP contribution in [0.15, 0.2) is 46.9 Å². The van der Waals surface area contributed by atoms with Gasteiger partial charge in [0, 0.05) is 35.4 Å². The van der Waals surface area contributed by atoms with Gasteiger partial charge in [0.25, 0.3) is 0 Å². The van der Waals surface area contributed by atoms with Crippen LogP contribution in [0.1, 0.15) is 31.7 Å². The van der Waals surface area contributed by atoms with Crippen LogP contribution in [-0.2, 0) is 6.54 Å². The Morgan fingerprint density at radius 2 is 1.84 bits per heavy atom. The van der Waals surface area contributed by atoms with Crippen molar-refractivity contribution in [2.24, 2.45) is 11.8 Å². The maximum absolute atomic E-state index is 5.96. The Hall–Kier alpha value is -2.64. The molecule has 2 N–H and O–H groups in total. The number of anilines is 2. The molecule has 0 aliphatic carbocycles. The normalized spacial score (nSPS) is 18.4. The van der Waals surface area contributed by atoms with Crippen LogP contribution < -0.4 is 15.5 Å². The van der Waals surface area contributed by atoms with E-state index in [1.54, 1.807) is 0 Å². The molecule has 168 valence electrons. The van der Waals surface area contributed by atoms with Crippen LogP contribution in [0.5, 0.6) is 0 Å². The molecule has 1 saturated heterocycles. The van der Waals surface area contributed by atoms with E-state index in [0.717, 1.165) is 41.7 Å². The number of rotatable bonds is 5. The highest BCUT2D eigenvalue weighted by molar-refractivity contribution is 7.80. The first-order valence-electron chi connectivity index (χ1n) is 10.9. The van der Waals surface area contributed by atoms with Crippen molar-refractivity contribution in [3.05, 3.63) is 58.9 Å². The second-order valence-corrected chi connectivity index (χ2v) is 9.47. The number of furan rings is 1. The lowest BCUT2D eigenvalue weighted by Gasteiger charge is -2.36. The Labute approximate surface area is 199 Å². The minimum Gasteiger partial charge on any atom is -0.459 e. The van der Waals surface area contributed by atoms with Gasteiger partial charge in [0.2, 0.25) is 5.95 Å². The Bertz CT molecular complexity index is 1070. The first kappa shape index (κ1) is 22.6. The lowest BCUT2D eigenvalue weighted by molar-refractivity contribution is 0.355. The number of hydrogen-bond acceptors (Lipinski definition) is 5. The highest BCUT2D eigenvalue weighted by Crippen LogP contribution is 2.26. The maximum atomic E-state index is 5.96. The molecular formula is C24H28ClN5OS. The van der Waals surface area contributed by atoms with Crippen LogP contribution in [0.4, 0.5) is 11.8 Å². The fourth-order valence-electron chi connectivity index (χ4n) is 4.18. The van der Waals surface area contributed by atoms with Crippen molar-refractivity contribution in [1.82, 2.24) is 15.3 Å². The fourth-order valence-corrected chi connectivity index (χ4v) is 4.46. The van der Waals surface area contributed by atoms with Crippen LogP contribution in [0.25, 0.3) is 11.3 Å². The minimum absolute atomic E-state index is 0.450. The molecule has 0 radical (unpaired) electrons. The molecule has 32 heavy (non-hydrogen) atoms. The van der Waals surface area contributed by atoms with E-state index in [0.29, 0.717) is 34.5 Å². The molecule has 3 aromatic rings. The van der Waals surface area contributed by atoms with Crippen LogP contribution in [0.3, 0.4) is 0 Å². The number of piperidine rings is 1. The molecule has 4 rings (SSSR count). The van der Waals surface area contributed by atoms with E-state index in [4.69, 9.17) is 33.2 Å². The summed E-state index contributed by atoms with van der Waals surface area (Å²) in [6.07, 6.45) is 1.26. The smallest absolute Gasteiger partial charge is 0.231 e. The second-order valence-electron chi connectivity index (χ2n) is 8.62. The van der Waals surface area contributed by atoms with Gasteiger partial charge in [-0.3, -0.25) is 0 Å². The molecule has 0 saturated carbocycles. The topological polar surface area (TPSA) is 66.2 Å². The van der Waals surface area contributed by atoms with E-state index in [9.17, 15) is 0 Å². The first-order chi connectivity index (χ1) is 15.4. The molecule has 3 heterocycles. The summed E-state index contributed by atoms with van der Waals surface area (Å²) in [7, 11) is 0. The molecule has 0 bridgehead atoms. The van der Waals surface area contributed by atoms with E-state index >= 15 is 0 Å². The summed E-state index contributed by atoms with van der Waals surface area (Å²) >= 11 is 11.4. The first-order valence-corrected chi connectivity index (χ1v) is 11.6. The molecule has 2 atom stereocenters. The lowest BCUT2D eigenvalue weighted by Crippen LogP contribution is -2.39. The van der Waals surface area contributed by atoms with Crippen molar-refractivity contribution < 1.29 is 4.42 Å². The molecule has 1 fully saturated rings. The average Bonchev–Trinajstić information content (AvgIpc) is 3.21. The summed E-state index contributed by atoms with van der Waals surface area (Å²) in [5.74, 6) is 4.32. The number of thiocarbonyl (C=S) groups is 1. The third kappa shape index (κ3) is 5.78. The zero-order valence-electron chi connectivity index (χ0n) is 18.6. The van der Waals surface area contributed by atoms with Gasteiger partial charge in [-0.15, -0.1) is 0 Å². The van der Waals surface area contributed by atoms with Crippen molar-refractivity contribution >= 4 is 40.7 Å². The Morgan fingerprint density at radius 1 is 1.12 bits per heavy atom. The number of halogens is 1. The monoisotopic (exact) mass is 469 g/mol. The maximum Gasteiger partial charge on any atom is 0.231 e. The van der Waals surface area contributed by atoms with Crippen LogP contribution in [0.2, 0.25) is 5.02 Å². The molecule has 2 aromatic heterocycles. The highest BCUT2D eigenvalue weighted by Gasteiger charge is 2.23. The molecule has 1 aliphatic heterocycles. The highest BCUT2D eigenvalue weighted by atomic mass is 35.5. The van der Waals surface area contributed by atoms with E-state index in [1.807, 2.05) is 49.4 Å². The van der Waals surface area contributed by atoms with Gasteiger partial charge in [0.1, 0.15) is 17.3 Å². The van der Waals surface area contributed by atoms with Crippen molar-refractivity contribution in [2.45, 2.75) is 33.7 Å². The van der Waals surface area contributed by atoms with Gasteiger partial charge in [-0.1, -0.05) is 25.4 Å². The summed E-state index contributed by atoms with van der Waals surface area (Å²) in [6, 6.07) is 13.5. The van der Waals surface area contributed by atoms with Gasteiger partial charge in [0.15, 0.2) is 5.11 Å². The number of nitrogens with one attached hydrogen (secondary N) is 2. The predicted octanol–water partition coefficient (Wildman–Crippen LogP) is 5.67. The number of nitrogens with zero attached hydrogens (tertiary/aromatic N) is 3. The Kier molecular flexibility index (Phi) is 6.96. The molecular weight excluding hydrogens is 442 g/mol. The second kappa shape index (κ2) is 9.88. The quantitative estimate of drug-likeness (QED) is 0.467. The standard InChI is InChI=1S/C24H28ClN5OS/c1-15-10-16(2)14-30(13-15)22-11-17(3)27-23(28-22)29-24(32)26-12-20-8-9-21(31-20)18-4-6-19(25)7-5-18/h4-9,11,15-16H,10,12-14H2,1-3H3,(H2,26,27,28,29,32)/t15-,16+. The van der Waals surface area contributed by atoms with Gasteiger partial charge in [-0.2, -0.15) is 4.98 Å². The van der Waals surface area contributed by atoms with Gasteiger partial charge >= 0.3 is 0 Å². The Morgan fingerprint density at radius 3 is 2.56 bits per heavy atom. The molecule has 1 aliphatic rings. The van der Waals surface area contributed by atoms with E-state index in [2.05, 4.69) is 34.4 Å². The SMILES string of the molecule is Cc1cc(N2C[C@H](C)C[C@H](C)C2)nc(NC(=S)NCc2ccc(-c3ccc(Cl)cc3)o2)n1. The van der Waals surface area contributed by atoms with Gasteiger partial charge < -0.3 is 20.0 Å². The Balaban J connectivity index is 1.36. The molecule has 0 unspecified atom stereocenters. The van der Waals surface area contributed by atoms with Gasteiger partial charge in [0.05, 0.1) is 6.54 Å².